The van der Waals surface area contributed by atoms with E-state index in [-0.39, 0.29) is 0 Å². The molecule has 1 aliphatic heterocycles. The minimum Gasteiger partial charge on any atom is -0.389 e. The van der Waals surface area contributed by atoms with Crippen LogP contribution in [0, 0.1) is 5.92 Å². The Balaban J connectivity index is 1.80. The highest BCUT2D eigenvalue weighted by Gasteiger charge is 2.36. The second-order valence-corrected chi connectivity index (χ2v) is 7.28. The van der Waals surface area contributed by atoms with Gasteiger partial charge in [0.05, 0.1) is 12.2 Å². The molecule has 1 heterocycles. The van der Waals surface area contributed by atoms with Crippen LogP contribution in [0.25, 0.3) is 0 Å². The zero-order valence-corrected chi connectivity index (χ0v) is 11.8. The van der Waals surface area contributed by atoms with E-state index in [1.54, 1.807) is 0 Å². The zero-order valence-electron chi connectivity index (χ0n) is 10.3. The number of halogens is 2. The molecular weight excluding hydrogens is 277 g/mol. The van der Waals surface area contributed by atoms with E-state index in [4.69, 9.17) is 23.2 Å². The third kappa shape index (κ3) is 3.71. The van der Waals surface area contributed by atoms with Gasteiger partial charge in [0.15, 0.2) is 0 Å². The SMILES string of the molecule is O[C@H]1[C@H](O)CN(CC2CCC(Cl)(Cl)CC2)C[C@@H]1O. The second kappa shape index (κ2) is 5.81. The number of rotatable bonds is 2. The third-order valence-corrected chi connectivity index (χ3v) is 4.79. The Morgan fingerprint density at radius 2 is 1.50 bits per heavy atom. The van der Waals surface area contributed by atoms with Crippen molar-refractivity contribution in [2.24, 2.45) is 5.92 Å². The first-order valence-electron chi connectivity index (χ1n) is 6.52. The molecule has 0 bridgehead atoms. The van der Waals surface area contributed by atoms with Gasteiger partial charge in [-0.1, -0.05) is 0 Å². The predicted octanol–water partition coefficient (Wildman–Crippen LogP) is 0.749. The van der Waals surface area contributed by atoms with Crippen LogP contribution >= 0.6 is 23.2 Å². The van der Waals surface area contributed by atoms with Gasteiger partial charge in [-0.3, -0.25) is 4.90 Å². The van der Waals surface area contributed by atoms with E-state index >= 15 is 0 Å². The van der Waals surface area contributed by atoms with Crippen LogP contribution in [0.2, 0.25) is 0 Å². The molecule has 0 spiro atoms. The van der Waals surface area contributed by atoms with Gasteiger partial charge in [0.1, 0.15) is 10.4 Å². The highest BCUT2D eigenvalue weighted by molar-refractivity contribution is 6.48. The number of hydrogen-bond acceptors (Lipinski definition) is 4. The number of nitrogens with zero attached hydrogens (tertiary/aromatic N) is 1. The van der Waals surface area contributed by atoms with Gasteiger partial charge < -0.3 is 15.3 Å². The van der Waals surface area contributed by atoms with Gasteiger partial charge in [-0.25, -0.2) is 0 Å². The number of hydrogen-bond donors (Lipinski definition) is 3. The van der Waals surface area contributed by atoms with Crippen LogP contribution in [0.5, 0.6) is 0 Å². The van der Waals surface area contributed by atoms with Crippen molar-refractivity contribution in [2.75, 3.05) is 19.6 Å². The average molecular weight is 298 g/mol. The van der Waals surface area contributed by atoms with Gasteiger partial charge in [0.2, 0.25) is 0 Å². The molecule has 4 nitrogen and oxygen atoms in total. The van der Waals surface area contributed by atoms with Crippen molar-refractivity contribution in [1.82, 2.24) is 4.90 Å². The van der Waals surface area contributed by atoms with Crippen molar-refractivity contribution in [3.63, 3.8) is 0 Å². The Hall–Kier alpha value is 0.420. The second-order valence-electron chi connectivity index (χ2n) is 5.64. The van der Waals surface area contributed by atoms with E-state index in [2.05, 4.69) is 0 Å². The van der Waals surface area contributed by atoms with Gasteiger partial charge in [-0.05, 0) is 31.6 Å². The van der Waals surface area contributed by atoms with Crippen molar-refractivity contribution in [2.45, 2.75) is 48.3 Å². The molecule has 0 unspecified atom stereocenters. The summed E-state index contributed by atoms with van der Waals surface area (Å²) in [6.07, 6.45) is 0.780. The topological polar surface area (TPSA) is 63.9 Å². The molecule has 18 heavy (non-hydrogen) atoms. The van der Waals surface area contributed by atoms with Crippen LogP contribution < -0.4 is 0 Å². The number of alkyl halides is 2. The molecule has 1 saturated heterocycles. The Morgan fingerprint density at radius 1 is 1.00 bits per heavy atom. The number of piperidine rings is 1. The van der Waals surface area contributed by atoms with Crippen molar-refractivity contribution >= 4 is 23.2 Å². The normalized spacial score (nSPS) is 38.8. The molecule has 2 aliphatic rings. The summed E-state index contributed by atoms with van der Waals surface area (Å²) in [4.78, 5) is 2.02. The monoisotopic (exact) mass is 297 g/mol. The van der Waals surface area contributed by atoms with Crippen LogP contribution in [-0.2, 0) is 0 Å². The highest BCUT2D eigenvalue weighted by atomic mass is 35.5. The molecule has 3 N–H and O–H groups in total. The van der Waals surface area contributed by atoms with E-state index in [1.807, 2.05) is 4.90 Å². The van der Waals surface area contributed by atoms with Crippen LogP contribution in [-0.4, -0.2) is 62.5 Å². The smallest absolute Gasteiger partial charge is 0.118 e. The molecule has 1 saturated carbocycles. The van der Waals surface area contributed by atoms with Crippen LogP contribution in [0.15, 0.2) is 0 Å². The fourth-order valence-corrected chi connectivity index (χ4v) is 3.31. The Morgan fingerprint density at radius 3 is 2.00 bits per heavy atom. The van der Waals surface area contributed by atoms with Gasteiger partial charge >= 0.3 is 0 Å². The van der Waals surface area contributed by atoms with E-state index in [9.17, 15) is 15.3 Å². The van der Waals surface area contributed by atoms with Crippen molar-refractivity contribution in [3.05, 3.63) is 0 Å². The highest BCUT2D eigenvalue weighted by Crippen LogP contribution is 2.40. The minimum atomic E-state index is -1.02. The minimum absolute atomic E-state index is 0.418. The Kier molecular flexibility index (Phi) is 4.79. The third-order valence-electron chi connectivity index (χ3n) is 4.03. The zero-order chi connectivity index (χ0) is 13.3. The molecule has 1 aliphatic carbocycles. The summed E-state index contributed by atoms with van der Waals surface area (Å²) in [5.74, 6) is 0.505. The lowest BCUT2D eigenvalue weighted by molar-refractivity contribution is -0.112. The summed E-state index contributed by atoms with van der Waals surface area (Å²) in [6, 6.07) is 0. The van der Waals surface area contributed by atoms with Crippen LogP contribution in [0.4, 0.5) is 0 Å². The first-order chi connectivity index (χ1) is 8.37. The number of aliphatic hydroxyl groups excluding tert-OH is 3. The quantitative estimate of drug-likeness (QED) is 0.658. The lowest BCUT2D eigenvalue weighted by Crippen LogP contribution is -2.56. The maximum absolute atomic E-state index is 9.64. The fraction of sp³-hybridized carbons (Fsp3) is 1.00. The van der Waals surface area contributed by atoms with E-state index in [0.717, 1.165) is 32.2 Å². The molecule has 3 atom stereocenters. The van der Waals surface area contributed by atoms with E-state index in [0.29, 0.717) is 19.0 Å². The maximum atomic E-state index is 9.64. The van der Waals surface area contributed by atoms with Gasteiger partial charge in [0.25, 0.3) is 0 Å². The largest absolute Gasteiger partial charge is 0.389 e. The van der Waals surface area contributed by atoms with E-state index in [1.165, 1.54) is 0 Å². The van der Waals surface area contributed by atoms with Gasteiger partial charge in [-0.15, -0.1) is 23.2 Å². The summed E-state index contributed by atoms with van der Waals surface area (Å²) < 4.78 is -0.576. The number of β-amino-alcohol motifs (C(OH)–C–C–N with tert-alkyl or cyclic N) is 2. The lowest BCUT2D eigenvalue weighted by atomic mass is 9.87. The van der Waals surface area contributed by atoms with E-state index < -0.39 is 22.6 Å². The van der Waals surface area contributed by atoms with Crippen molar-refractivity contribution < 1.29 is 15.3 Å². The molecule has 2 fully saturated rings. The molecule has 106 valence electrons. The van der Waals surface area contributed by atoms with Gasteiger partial charge in [-0.2, -0.15) is 0 Å². The molecule has 6 heteroatoms. The molecule has 2 rings (SSSR count). The number of aliphatic hydroxyl groups is 3. The summed E-state index contributed by atoms with van der Waals surface area (Å²) in [5, 5.41) is 28.8. The maximum Gasteiger partial charge on any atom is 0.118 e. The predicted molar refractivity (Wildman–Crippen MR) is 70.9 cm³/mol. The molecule has 0 radical (unpaired) electrons. The fourth-order valence-electron chi connectivity index (χ4n) is 2.87. The summed E-state index contributed by atoms with van der Waals surface area (Å²) in [5.41, 5.74) is 0. The molecule has 0 aromatic heterocycles. The molecule has 0 aromatic rings. The standard InChI is InChI=1S/C12H21Cl2NO3/c13-12(14)3-1-8(2-4-12)5-15-6-9(16)11(18)10(17)7-15/h8-11,16-18H,1-7H2/t9-,10+,11+. The lowest BCUT2D eigenvalue weighted by Gasteiger charge is -2.40. The first kappa shape index (κ1) is 14.8. The molecular formula is C12H21Cl2NO3. The summed E-state index contributed by atoms with van der Waals surface area (Å²) in [6.45, 7) is 1.66. The summed E-state index contributed by atoms with van der Waals surface area (Å²) >= 11 is 12.2. The van der Waals surface area contributed by atoms with Crippen molar-refractivity contribution in [1.29, 1.82) is 0 Å². The Bertz CT molecular complexity index is 268. The number of likely N-dealkylation sites (tertiary alicyclic amines) is 1. The van der Waals surface area contributed by atoms with Crippen LogP contribution in [0.3, 0.4) is 0 Å². The Labute approximate surface area is 117 Å². The summed E-state index contributed by atoms with van der Waals surface area (Å²) in [7, 11) is 0. The van der Waals surface area contributed by atoms with Gasteiger partial charge in [0, 0.05) is 19.6 Å². The average Bonchev–Trinajstić information content (AvgIpc) is 2.29. The van der Waals surface area contributed by atoms with Crippen LogP contribution in [0.1, 0.15) is 25.7 Å². The first-order valence-corrected chi connectivity index (χ1v) is 7.27. The van der Waals surface area contributed by atoms with Crippen molar-refractivity contribution in [3.8, 4) is 0 Å². The molecule has 0 aromatic carbocycles. The molecule has 0 amide bonds.